The summed E-state index contributed by atoms with van der Waals surface area (Å²) in [6.07, 6.45) is 5.37. The van der Waals surface area contributed by atoms with E-state index < -0.39 is 0 Å². The highest BCUT2D eigenvalue weighted by Crippen LogP contribution is 2.26. The van der Waals surface area contributed by atoms with Gasteiger partial charge in [-0.15, -0.1) is 0 Å². The summed E-state index contributed by atoms with van der Waals surface area (Å²) in [6.45, 7) is 8.62. The van der Waals surface area contributed by atoms with E-state index in [0.717, 1.165) is 32.0 Å². The molecule has 0 spiro atoms. The van der Waals surface area contributed by atoms with Crippen LogP contribution in [0.15, 0.2) is 30.6 Å². The minimum absolute atomic E-state index is 0.696. The molecule has 0 radical (unpaired) electrons. The van der Waals surface area contributed by atoms with Gasteiger partial charge in [-0.3, -0.25) is 9.80 Å². The molecule has 1 aromatic heterocycles. The normalized spacial score (nSPS) is 20.2. The van der Waals surface area contributed by atoms with Gasteiger partial charge in [-0.05, 0) is 50.4 Å². The maximum absolute atomic E-state index is 4.43. The summed E-state index contributed by atoms with van der Waals surface area (Å²) < 4.78 is 2.01. The summed E-state index contributed by atoms with van der Waals surface area (Å²) in [6, 6.07) is 9.65. The molecule has 1 aromatic carbocycles. The van der Waals surface area contributed by atoms with Crippen LogP contribution in [0.25, 0.3) is 0 Å². The summed E-state index contributed by atoms with van der Waals surface area (Å²) in [5.41, 5.74) is 3.11. The fourth-order valence-corrected chi connectivity index (χ4v) is 4.18. The third-order valence-electron chi connectivity index (χ3n) is 5.53. The molecule has 0 saturated carbocycles. The lowest BCUT2D eigenvalue weighted by atomic mass is 10.1. The van der Waals surface area contributed by atoms with Crippen LogP contribution in [-0.2, 0) is 25.9 Å². The zero-order chi connectivity index (χ0) is 16.4. The summed E-state index contributed by atoms with van der Waals surface area (Å²) in [5.74, 6) is 1.10. The third-order valence-corrected chi connectivity index (χ3v) is 5.53. The molecule has 2 aromatic rings. The highest BCUT2D eigenvalue weighted by Gasteiger charge is 2.28. The highest BCUT2D eigenvalue weighted by atomic mass is 15.3. The highest BCUT2D eigenvalue weighted by molar-refractivity contribution is 5.33. The molecule has 4 rings (SSSR count). The smallest absolute Gasteiger partial charge is 0.140 e. The lowest BCUT2D eigenvalue weighted by Crippen LogP contribution is -2.39. The van der Waals surface area contributed by atoms with Crippen molar-refractivity contribution in [2.75, 3.05) is 26.2 Å². The molecule has 24 heavy (non-hydrogen) atoms. The van der Waals surface area contributed by atoms with Crippen LogP contribution in [0.4, 0.5) is 0 Å². The van der Waals surface area contributed by atoms with Crippen molar-refractivity contribution in [3.05, 3.63) is 47.5 Å². The predicted octanol–water partition coefficient (Wildman–Crippen LogP) is 1.97. The average molecular weight is 325 g/mol. The molecule has 0 amide bonds. The summed E-state index contributed by atoms with van der Waals surface area (Å²) in [5, 5.41) is 4.29. The molecule has 0 bridgehead atoms. The Hall–Kier alpha value is -1.72. The molecule has 5 heteroatoms. The first-order valence-corrected chi connectivity index (χ1v) is 9.23. The SMILES string of the molecule is CCn1ncnc1CN1CCCN(C2Cc3ccccc3C2)CC1. The maximum Gasteiger partial charge on any atom is 0.140 e. The minimum atomic E-state index is 0.696. The minimum Gasteiger partial charge on any atom is -0.298 e. The topological polar surface area (TPSA) is 37.2 Å². The largest absolute Gasteiger partial charge is 0.298 e. The number of hydrogen-bond donors (Lipinski definition) is 0. The van der Waals surface area contributed by atoms with Crippen molar-refractivity contribution >= 4 is 0 Å². The number of benzene rings is 1. The van der Waals surface area contributed by atoms with E-state index in [0.29, 0.717) is 6.04 Å². The molecular weight excluding hydrogens is 298 g/mol. The van der Waals surface area contributed by atoms with E-state index in [1.807, 2.05) is 4.68 Å². The van der Waals surface area contributed by atoms with Gasteiger partial charge in [0.05, 0.1) is 6.54 Å². The van der Waals surface area contributed by atoms with Gasteiger partial charge in [0.2, 0.25) is 0 Å². The van der Waals surface area contributed by atoms with Crippen LogP contribution in [0.3, 0.4) is 0 Å². The zero-order valence-corrected chi connectivity index (χ0v) is 14.6. The fourth-order valence-electron chi connectivity index (χ4n) is 4.18. The molecule has 1 saturated heterocycles. The molecule has 0 N–H and O–H groups in total. The van der Waals surface area contributed by atoms with Gasteiger partial charge in [0.15, 0.2) is 0 Å². The molecule has 128 valence electrons. The van der Waals surface area contributed by atoms with Crippen LogP contribution in [0.5, 0.6) is 0 Å². The quantitative estimate of drug-likeness (QED) is 0.861. The van der Waals surface area contributed by atoms with Crippen molar-refractivity contribution in [1.82, 2.24) is 24.6 Å². The van der Waals surface area contributed by atoms with Crippen molar-refractivity contribution < 1.29 is 0 Å². The summed E-state index contributed by atoms with van der Waals surface area (Å²) in [4.78, 5) is 9.68. The first-order valence-electron chi connectivity index (χ1n) is 9.23. The second kappa shape index (κ2) is 7.03. The first kappa shape index (κ1) is 15.8. The molecule has 0 atom stereocenters. The number of aryl methyl sites for hydroxylation is 1. The standard InChI is InChI=1S/C19H27N5/c1-2-24-19(20-15-21-24)14-22-8-5-9-23(11-10-22)18-12-16-6-3-4-7-17(16)13-18/h3-4,6-7,15,18H,2,5,8-14H2,1H3. The first-order chi connectivity index (χ1) is 11.8. The Morgan fingerprint density at radius 1 is 1.04 bits per heavy atom. The van der Waals surface area contributed by atoms with Crippen molar-refractivity contribution in [3.8, 4) is 0 Å². The Bertz CT molecular complexity index is 655. The molecule has 1 aliphatic carbocycles. The second-order valence-electron chi connectivity index (χ2n) is 6.99. The Morgan fingerprint density at radius 3 is 2.58 bits per heavy atom. The van der Waals surface area contributed by atoms with Crippen LogP contribution in [-0.4, -0.2) is 56.8 Å². The maximum atomic E-state index is 4.43. The van der Waals surface area contributed by atoms with E-state index in [4.69, 9.17) is 0 Å². The molecule has 2 aliphatic rings. The van der Waals surface area contributed by atoms with E-state index >= 15 is 0 Å². The Labute approximate surface area is 144 Å². The second-order valence-corrected chi connectivity index (χ2v) is 6.99. The van der Waals surface area contributed by atoms with E-state index in [1.165, 1.54) is 32.4 Å². The summed E-state index contributed by atoms with van der Waals surface area (Å²) >= 11 is 0. The van der Waals surface area contributed by atoms with Crippen LogP contribution in [0, 0.1) is 0 Å². The number of nitrogens with zero attached hydrogens (tertiary/aromatic N) is 5. The summed E-state index contributed by atoms with van der Waals surface area (Å²) in [7, 11) is 0. The Kier molecular flexibility index (Phi) is 4.63. The number of rotatable bonds is 4. The average Bonchev–Trinajstić information content (AvgIpc) is 3.16. The van der Waals surface area contributed by atoms with Crippen LogP contribution < -0.4 is 0 Å². The van der Waals surface area contributed by atoms with Gasteiger partial charge in [0.25, 0.3) is 0 Å². The van der Waals surface area contributed by atoms with Crippen molar-refractivity contribution in [3.63, 3.8) is 0 Å². The zero-order valence-electron chi connectivity index (χ0n) is 14.6. The lowest BCUT2D eigenvalue weighted by molar-refractivity contribution is 0.199. The van der Waals surface area contributed by atoms with E-state index in [9.17, 15) is 0 Å². The van der Waals surface area contributed by atoms with Crippen LogP contribution in [0.2, 0.25) is 0 Å². The van der Waals surface area contributed by atoms with Gasteiger partial charge in [0, 0.05) is 25.7 Å². The molecule has 1 fully saturated rings. The monoisotopic (exact) mass is 325 g/mol. The van der Waals surface area contributed by atoms with Gasteiger partial charge >= 0.3 is 0 Å². The number of fused-ring (bicyclic) bond motifs is 1. The van der Waals surface area contributed by atoms with Gasteiger partial charge in [-0.1, -0.05) is 24.3 Å². The number of hydrogen-bond acceptors (Lipinski definition) is 4. The molecular formula is C19H27N5. The van der Waals surface area contributed by atoms with Gasteiger partial charge in [-0.2, -0.15) is 5.10 Å². The van der Waals surface area contributed by atoms with Crippen molar-refractivity contribution in [1.29, 1.82) is 0 Å². The third kappa shape index (κ3) is 3.23. The molecule has 2 heterocycles. The van der Waals surface area contributed by atoms with Crippen LogP contribution in [0.1, 0.15) is 30.3 Å². The predicted molar refractivity (Wildman–Crippen MR) is 94.8 cm³/mol. The van der Waals surface area contributed by atoms with Crippen molar-refractivity contribution in [2.24, 2.45) is 0 Å². The van der Waals surface area contributed by atoms with Crippen molar-refractivity contribution in [2.45, 2.75) is 45.3 Å². The Morgan fingerprint density at radius 2 is 1.83 bits per heavy atom. The van der Waals surface area contributed by atoms with E-state index in [-0.39, 0.29) is 0 Å². The Balaban J connectivity index is 1.35. The lowest BCUT2D eigenvalue weighted by Gasteiger charge is -2.27. The van der Waals surface area contributed by atoms with E-state index in [1.54, 1.807) is 17.5 Å². The molecule has 0 unspecified atom stereocenters. The molecule has 5 nitrogen and oxygen atoms in total. The van der Waals surface area contributed by atoms with Crippen LogP contribution >= 0.6 is 0 Å². The van der Waals surface area contributed by atoms with Gasteiger partial charge < -0.3 is 0 Å². The van der Waals surface area contributed by atoms with Gasteiger partial charge in [0.1, 0.15) is 12.2 Å². The number of aromatic nitrogens is 3. The van der Waals surface area contributed by atoms with E-state index in [2.05, 4.69) is 51.1 Å². The van der Waals surface area contributed by atoms with Gasteiger partial charge in [-0.25, -0.2) is 9.67 Å². The fraction of sp³-hybridized carbons (Fsp3) is 0.579. The molecule has 1 aliphatic heterocycles.